The van der Waals surface area contributed by atoms with Crippen molar-refractivity contribution in [2.24, 2.45) is 5.41 Å². The highest BCUT2D eigenvalue weighted by Crippen LogP contribution is 2.36. The molecule has 104 valence electrons. The Morgan fingerprint density at radius 1 is 1.26 bits per heavy atom. The summed E-state index contributed by atoms with van der Waals surface area (Å²) in [6, 6.07) is 8.12. The van der Waals surface area contributed by atoms with Crippen LogP contribution in [0.15, 0.2) is 24.3 Å². The van der Waals surface area contributed by atoms with E-state index in [1.807, 2.05) is 12.1 Å². The lowest BCUT2D eigenvalue weighted by Crippen LogP contribution is -2.34. The Morgan fingerprint density at radius 3 is 2.42 bits per heavy atom. The largest absolute Gasteiger partial charge is 0.497 e. The number of rotatable bonds is 6. The maximum atomic E-state index is 11.4. The van der Waals surface area contributed by atoms with E-state index < -0.39 is 0 Å². The van der Waals surface area contributed by atoms with Gasteiger partial charge in [-0.1, -0.05) is 25.0 Å². The molecule has 0 radical (unpaired) electrons. The Hall–Kier alpha value is -1.35. The second-order valence-electron chi connectivity index (χ2n) is 5.71. The van der Waals surface area contributed by atoms with Crippen molar-refractivity contribution in [2.75, 3.05) is 20.7 Å². The maximum Gasteiger partial charge on any atom is 0.127 e. The van der Waals surface area contributed by atoms with Crippen LogP contribution in [0.1, 0.15) is 31.2 Å². The summed E-state index contributed by atoms with van der Waals surface area (Å²) in [7, 11) is 3.77. The van der Waals surface area contributed by atoms with Gasteiger partial charge in [0.15, 0.2) is 0 Å². The van der Waals surface area contributed by atoms with Crippen LogP contribution in [-0.2, 0) is 11.3 Å². The Balaban J connectivity index is 1.92. The van der Waals surface area contributed by atoms with Crippen molar-refractivity contribution < 1.29 is 9.53 Å². The average Bonchev–Trinajstić information content (AvgIpc) is 2.88. The van der Waals surface area contributed by atoms with Crippen LogP contribution in [0.5, 0.6) is 5.75 Å². The van der Waals surface area contributed by atoms with Gasteiger partial charge in [0.2, 0.25) is 0 Å². The van der Waals surface area contributed by atoms with Crippen LogP contribution in [0.3, 0.4) is 0 Å². The molecule has 0 bridgehead atoms. The second kappa shape index (κ2) is 6.20. The topological polar surface area (TPSA) is 29.5 Å². The molecule has 3 heteroatoms. The van der Waals surface area contributed by atoms with Crippen molar-refractivity contribution in [1.82, 2.24) is 4.90 Å². The molecule has 19 heavy (non-hydrogen) atoms. The van der Waals surface area contributed by atoms with Crippen molar-refractivity contribution in [3.63, 3.8) is 0 Å². The predicted molar refractivity (Wildman–Crippen MR) is 76.3 cm³/mol. The summed E-state index contributed by atoms with van der Waals surface area (Å²) in [6.07, 6.45) is 5.65. The van der Waals surface area contributed by atoms with E-state index in [2.05, 4.69) is 24.1 Å². The normalized spacial score (nSPS) is 17.6. The van der Waals surface area contributed by atoms with Crippen molar-refractivity contribution in [2.45, 2.75) is 32.2 Å². The number of hydrogen-bond acceptors (Lipinski definition) is 3. The van der Waals surface area contributed by atoms with E-state index in [4.69, 9.17) is 4.74 Å². The molecule has 0 aliphatic heterocycles. The summed E-state index contributed by atoms with van der Waals surface area (Å²) in [5.74, 6) is 0.881. The first-order valence-electron chi connectivity index (χ1n) is 6.95. The zero-order chi connectivity index (χ0) is 13.7. The van der Waals surface area contributed by atoms with E-state index in [-0.39, 0.29) is 5.41 Å². The molecule has 0 atom stereocenters. The molecular weight excluding hydrogens is 238 g/mol. The Labute approximate surface area is 115 Å². The smallest absolute Gasteiger partial charge is 0.127 e. The number of aldehydes is 1. The molecule has 0 N–H and O–H groups in total. The van der Waals surface area contributed by atoms with Gasteiger partial charge >= 0.3 is 0 Å². The van der Waals surface area contributed by atoms with E-state index in [9.17, 15) is 4.79 Å². The van der Waals surface area contributed by atoms with Gasteiger partial charge in [-0.25, -0.2) is 0 Å². The molecule has 1 aliphatic carbocycles. The maximum absolute atomic E-state index is 11.4. The summed E-state index contributed by atoms with van der Waals surface area (Å²) in [5, 5.41) is 0. The Kier molecular flexibility index (Phi) is 4.59. The lowest BCUT2D eigenvalue weighted by Gasteiger charge is -2.28. The second-order valence-corrected chi connectivity index (χ2v) is 5.71. The zero-order valence-corrected chi connectivity index (χ0v) is 11.9. The lowest BCUT2D eigenvalue weighted by molar-refractivity contribution is -0.116. The first-order chi connectivity index (χ1) is 9.17. The van der Waals surface area contributed by atoms with Crippen LogP contribution < -0.4 is 4.74 Å². The van der Waals surface area contributed by atoms with Crippen LogP contribution in [-0.4, -0.2) is 31.9 Å². The van der Waals surface area contributed by atoms with Crippen LogP contribution in [0.25, 0.3) is 0 Å². The number of methoxy groups -OCH3 is 1. The first kappa shape index (κ1) is 14.1. The molecule has 1 aromatic carbocycles. The van der Waals surface area contributed by atoms with Crippen LogP contribution in [0.2, 0.25) is 0 Å². The van der Waals surface area contributed by atoms with E-state index in [1.54, 1.807) is 7.11 Å². The molecular formula is C16H23NO2. The SMILES string of the molecule is COc1ccc(CN(C)CC2(C=O)CCCC2)cc1. The van der Waals surface area contributed by atoms with Gasteiger partial charge < -0.3 is 14.4 Å². The third kappa shape index (κ3) is 3.57. The molecule has 0 heterocycles. The molecule has 1 saturated carbocycles. The van der Waals surface area contributed by atoms with Crippen molar-refractivity contribution in [3.05, 3.63) is 29.8 Å². The van der Waals surface area contributed by atoms with Crippen molar-refractivity contribution >= 4 is 6.29 Å². The quantitative estimate of drug-likeness (QED) is 0.737. The number of carbonyl (C=O) groups excluding carboxylic acids is 1. The summed E-state index contributed by atoms with van der Waals surface area (Å²) in [6.45, 7) is 1.74. The third-order valence-electron chi connectivity index (χ3n) is 4.05. The van der Waals surface area contributed by atoms with Gasteiger partial charge in [-0.05, 0) is 37.6 Å². The van der Waals surface area contributed by atoms with Crippen molar-refractivity contribution in [3.8, 4) is 5.75 Å². The summed E-state index contributed by atoms with van der Waals surface area (Å²) in [5.41, 5.74) is 1.16. The van der Waals surface area contributed by atoms with Gasteiger partial charge in [0.05, 0.1) is 7.11 Å². The van der Waals surface area contributed by atoms with E-state index in [0.717, 1.165) is 31.7 Å². The number of benzene rings is 1. The number of carbonyl (C=O) groups is 1. The average molecular weight is 261 g/mol. The summed E-state index contributed by atoms with van der Waals surface area (Å²) < 4.78 is 5.16. The Bertz CT molecular complexity index is 407. The van der Waals surface area contributed by atoms with Gasteiger partial charge in [0.1, 0.15) is 12.0 Å². The van der Waals surface area contributed by atoms with Crippen LogP contribution in [0, 0.1) is 5.41 Å². The minimum absolute atomic E-state index is 0.0960. The van der Waals surface area contributed by atoms with Crippen LogP contribution in [0.4, 0.5) is 0 Å². The minimum Gasteiger partial charge on any atom is -0.497 e. The molecule has 3 nitrogen and oxygen atoms in total. The summed E-state index contributed by atoms with van der Waals surface area (Å²) in [4.78, 5) is 13.6. The fraction of sp³-hybridized carbons (Fsp3) is 0.562. The van der Waals surface area contributed by atoms with Gasteiger partial charge in [-0.15, -0.1) is 0 Å². The van der Waals surface area contributed by atoms with Gasteiger partial charge in [0.25, 0.3) is 0 Å². The number of hydrogen-bond donors (Lipinski definition) is 0. The molecule has 0 unspecified atom stereocenters. The van der Waals surface area contributed by atoms with Gasteiger partial charge in [0, 0.05) is 18.5 Å². The molecule has 1 aliphatic rings. The van der Waals surface area contributed by atoms with Crippen molar-refractivity contribution in [1.29, 1.82) is 0 Å². The minimum atomic E-state index is -0.0960. The highest BCUT2D eigenvalue weighted by atomic mass is 16.5. The molecule has 0 aromatic heterocycles. The molecule has 0 spiro atoms. The fourth-order valence-electron chi connectivity index (χ4n) is 3.03. The first-order valence-corrected chi connectivity index (χ1v) is 6.95. The molecule has 0 amide bonds. The standard InChI is InChI=1S/C16H23NO2/c1-17(12-16(13-18)9-3-4-10-16)11-14-5-7-15(19-2)8-6-14/h5-8,13H,3-4,9-12H2,1-2H3. The number of nitrogens with zero attached hydrogens (tertiary/aromatic N) is 1. The van der Waals surface area contributed by atoms with Gasteiger partial charge in [-0.3, -0.25) is 0 Å². The third-order valence-corrected chi connectivity index (χ3v) is 4.05. The van der Waals surface area contributed by atoms with E-state index >= 15 is 0 Å². The fourth-order valence-corrected chi connectivity index (χ4v) is 3.03. The lowest BCUT2D eigenvalue weighted by atomic mass is 9.87. The monoisotopic (exact) mass is 261 g/mol. The van der Waals surface area contributed by atoms with E-state index in [0.29, 0.717) is 0 Å². The molecule has 1 fully saturated rings. The van der Waals surface area contributed by atoms with Crippen LogP contribution >= 0.6 is 0 Å². The highest BCUT2D eigenvalue weighted by Gasteiger charge is 2.34. The molecule has 1 aromatic rings. The number of ether oxygens (including phenoxy) is 1. The Morgan fingerprint density at radius 2 is 1.89 bits per heavy atom. The molecule has 2 rings (SSSR count). The van der Waals surface area contributed by atoms with Gasteiger partial charge in [-0.2, -0.15) is 0 Å². The predicted octanol–water partition coefficient (Wildman–Crippen LogP) is 2.89. The molecule has 0 saturated heterocycles. The van der Waals surface area contributed by atoms with E-state index in [1.165, 1.54) is 24.7 Å². The highest BCUT2D eigenvalue weighted by molar-refractivity contribution is 5.60. The zero-order valence-electron chi connectivity index (χ0n) is 11.9. The summed E-state index contributed by atoms with van der Waals surface area (Å²) >= 11 is 0.